The lowest BCUT2D eigenvalue weighted by molar-refractivity contribution is 0.531. The summed E-state index contributed by atoms with van der Waals surface area (Å²) in [5, 5.41) is 0. The molecular formula is C19H41Si. The van der Waals surface area contributed by atoms with Crippen molar-refractivity contribution in [2.24, 2.45) is 0 Å². The Hall–Kier alpha value is 0.217. The summed E-state index contributed by atoms with van der Waals surface area (Å²) in [5.41, 5.74) is 0. The number of unbranched alkanes of at least 4 members (excludes halogenated alkanes) is 15. The molecule has 0 aliphatic carbocycles. The van der Waals surface area contributed by atoms with Gasteiger partial charge in [-0.2, -0.15) is 0 Å². The van der Waals surface area contributed by atoms with Gasteiger partial charge >= 0.3 is 0 Å². The summed E-state index contributed by atoms with van der Waals surface area (Å²) in [5.74, 6) is 0. The van der Waals surface area contributed by atoms with Gasteiger partial charge in [0.25, 0.3) is 0 Å². The fourth-order valence-electron chi connectivity index (χ4n) is 2.90. The minimum atomic E-state index is 0.759. The standard InChI is InChI=1S/C19H41Si/c1-3-4-5-6-7-8-9-10-11-12-13-14-15-16-17-18-19-20-2/h20H,3-19H2,1-2H3. The highest BCUT2D eigenvalue weighted by molar-refractivity contribution is 6.33. The Morgan fingerprint density at radius 2 is 0.750 bits per heavy atom. The zero-order valence-electron chi connectivity index (χ0n) is 14.6. The van der Waals surface area contributed by atoms with Crippen LogP contribution in [0.1, 0.15) is 110 Å². The molecule has 0 aromatic carbocycles. The minimum absolute atomic E-state index is 0.759. The van der Waals surface area contributed by atoms with Crippen molar-refractivity contribution in [2.45, 2.75) is 122 Å². The van der Waals surface area contributed by atoms with Crippen LogP contribution in [-0.2, 0) is 0 Å². The second-order valence-corrected chi connectivity index (χ2v) is 7.89. The highest BCUT2D eigenvalue weighted by Crippen LogP contribution is 2.13. The maximum Gasteiger partial charge on any atom is 0.0246 e. The third-order valence-corrected chi connectivity index (χ3v) is 5.33. The van der Waals surface area contributed by atoms with Crippen LogP contribution in [0.15, 0.2) is 0 Å². The normalized spacial score (nSPS) is 11.1. The van der Waals surface area contributed by atoms with Crippen molar-refractivity contribution >= 4 is 9.52 Å². The molecule has 121 valence electrons. The molecule has 0 rings (SSSR count). The maximum absolute atomic E-state index is 2.38. The van der Waals surface area contributed by atoms with E-state index in [1.807, 2.05) is 0 Å². The Morgan fingerprint density at radius 3 is 1.05 bits per heavy atom. The van der Waals surface area contributed by atoms with Crippen molar-refractivity contribution in [3.63, 3.8) is 0 Å². The Balaban J connectivity index is 2.89. The van der Waals surface area contributed by atoms with Crippen molar-refractivity contribution in [2.75, 3.05) is 0 Å². The molecule has 0 saturated carbocycles. The lowest BCUT2D eigenvalue weighted by Gasteiger charge is -2.03. The van der Waals surface area contributed by atoms with Crippen molar-refractivity contribution in [3.05, 3.63) is 0 Å². The van der Waals surface area contributed by atoms with Crippen LogP contribution in [-0.4, -0.2) is 9.52 Å². The Kier molecular flexibility index (Phi) is 19.4. The summed E-state index contributed by atoms with van der Waals surface area (Å²) in [6.07, 6.45) is 23.7. The lowest BCUT2D eigenvalue weighted by Crippen LogP contribution is -1.84. The molecule has 0 saturated heterocycles. The molecule has 0 atom stereocenters. The van der Waals surface area contributed by atoms with Crippen LogP contribution < -0.4 is 0 Å². The third-order valence-electron chi connectivity index (χ3n) is 4.35. The molecule has 0 nitrogen and oxygen atoms in total. The van der Waals surface area contributed by atoms with E-state index in [4.69, 9.17) is 0 Å². The van der Waals surface area contributed by atoms with Gasteiger partial charge < -0.3 is 0 Å². The molecule has 1 heteroatoms. The number of hydrogen-bond acceptors (Lipinski definition) is 0. The Morgan fingerprint density at radius 1 is 0.450 bits per heavy atom. The predicted molar refractivity (Wildman–Crippen MR) is 97.4 cm³/mol. The summed E-state index contributed by atoms with van der Waals surface area (Å²) in [4.78, 5) is 0. The van der Waals surface area contributed by atoms with Crippen LogP contribution in [0.25, 0.3) is 0 Å². The van der Waals surface area contributed by atoms with Crippen LogP contribution in [0, 0.1) is 0 Å². The average molecular weight is 298 g/mol. The largest absolute Gasteiger partial charge is 0.0741 e. The van der Waals surface area contributed by atoms with E-state index in [1.54, 1.807) is 0 Å². The molecule has 0 fully saturated rings. The fraction of sp³-hybridized carbons (Fsp3) is 1.00. The van der Waals surface area contributed by atoms with Crippen LogP contribution in [0.4, 0.5) is 0 Å². The number of hydrogen-bond donors (Lipinski definition) is 0. The van der Waals surface area contributed by atoms with Crippen LogP contribution in [0.3, 0.4) is 0 Å². The zero-order chi connectivity index (χ0) is 14.7. The van der Waals surface area contributed by atoms with Gasteiger partial charge in [-0.25, -0.2) is 0 Å². The first-order chi connectivity index (χ1) is 9.91. The van der Waals surface area contributed by atoms with Gasteiger partial charge in [-0.15, -0.1) is 0 Å². The van der Waals surface area contributed by atoms with Crippen LogP contribution in [0.2, 0.25) is 12.6 Å². The second kappa shape index (κ2) is 19.2. The Bertz CT molecular complexity index is 138. The summed E-state index contributed by atoms with van der Waals surface area (Å²) >= 11 is 0. The molecular weight excluding hydrogens is 256 g/mol. The summed E-state index contributed by atoms with van der Waals surface area (Å²) < 4.78 is 0. The highest BCUT2D eigenvalue weighted by Gasteiger charge is 1.94. The van der Waals surface area contributed by atoms with Gasteiger partial charge in [-0.1, -0.05) is 122 Å². The van der Waals surface area contributed by atoms with Crippen molar-refractivity contribution in [1.29, 1.82) is 0 Å². The Labute approximate surface area is 132 Å². The first kappa shape index (κ1) is 20.2. The van der Waals surface area contributed by atoms with Gasteiger partial charge in [0.15, 0.2) is 0 Å². The molecule has 0 N–H and O–H groups in total. The first-order valence-corrected chi connectivity index (χ1v) is 11.7. The van der Waals surface area contributed by atoms with Crippen molar-refractivity contribution < 1.29 is 0 Å². The maximum atomic E-state index is 2.38. The molecule has 0 aromatic heterocycles. The molecule has 0 heterocycles. The minimum Gasteiger partial charge on any atom is -0.0741 e. The van der Waals surface area contributed by atoms with Crippen molar-refractivity contribution in [1.82, 2.24) is 0 Å². The zero-order valence-corrected chi connectivity index (χ0v) is 15.8. The first-order valence-electron chi connectivity index (χ1n) is 9.69. The average Bonchev–Trinajstić information content (AvgIpc) is 2.47. The van der Waals surface area contributed by atoms with E-state index >= 15 is 0 Å². The van der Waals surface area contributed by atoms with E-state index < -0.39 is 0 Å². The van der Waals surface area contributed by atoms with Crippen molar-refractivity contribution in [3.8, 4) is 0 Å². The van der Waals surface area contributed by atoms with Gasteiger partial charge in [-0.3, -0.25) is 0 Å². The summed E-state index contributed by atoms with van der Waals surface area (Å²) in [7, 11) is 0.759. The molecule has 0 aromatic rings. The molecule has 20 heavy (non-hydrogen) atoms. The van der Waals surface area contributed by atoms with Gasteiger partial charge in [-0.05, 0) is 0 Å². The molecule has 0 aliphatic rings. The molecule has 0 spiro atoms. The van der Waals surface area contributed by atoms with Gasteiger partial charge in [0.05, 0.1) is 0 Å². The second-order valence-electron chi connectivity index (χ2n) is 6.50. The van der Waals surface area contributed by atoms with E-state index in [0.29, 0.717) is 0 Å². The topological polar surface area (TPSA) is 0 Å². The third kappa shape index (κ3) is 18.2. The van der Waals surface area contributed by atoms with Gasteiger partial charge in [0.1, 0.15) is 0 Å². The SMILES string of the molecule is CCCCCCCCCCCCCCCCCC[SiH]C. The van der Waals surface area contributed by atoms with E-state index in [2.05, 4.69) is 13.5 Å². The van der Waals surface area contributed by atoms with E-state index in [-0.39, 0.29) is 0 Å². The quantitative estimate of drug-likeness (QED) is 0.197. The monoisotopic (exact) mass is 297 g/mol. The molecule has 0 bridgehead atoms. The molecule has 0 aliphatic heterocycles. The van der Waals surface area contributed by atoms with E-state index in [9.17, 15) is 0 Å². The number of rotatable bonds is 17. The summed E-state index contributed by atoms with van der Waals surface area (Å²) in [6, 6.07) is 1.53. The van der Waals surface area contributed by atoms with Gasteiger partial charge in [0.2, 0.25) is 0 Å². The van der Waals surface area contributed by atoms with Crippen LogP contribution in [0.5, 0.6) is 0 Å². The van der Waals surface area contributed by atoms with Crippen LogP contribution >= 0.6 is 0 Å². The lowest BCUT2D eigenvalue weighted by atomic mass is 10.0. The fourth-order valence-corrected chi connectivity index (χ4v) is 3.59. The molecule has 0 unspecified atom stereocenters. The highest BCUT2D eigenvalue weighted by atomic mass is 28.2. The van der Waals surface area contributed by atoms with Gasteiger partial charge in [0, 0.05) is 9.52 Å². The smallest absolute Gasteiger partial charge is 0.0246 e. The van der Waals surface area contributed by atoms with E-state index in [0.717, 1.165) is 9.52 Å². The molecule has 0 amide bonds. The molecule has 1 radical (unpaired) electrons. The summed E-state index contributed by atoms with van der Waals surface area (Å²) in [6.45, 7) is 4.68. The predicted octanol–water partition coefficient (Wildman–Crippen LogP) is 7.15. The van der Waals surface area contributed by atoms with E-state index in [1.165, 1.54) is 109 Å².